The van der Waals surface area contributed by atoms with Crippen molar-refractivity contribution >= 4 is 0 Å². The van der Waals surface area contributed by atoms with Crippen LogP contribution in [0.3, 0.4) is 0 Å². The van der Waals surface area contributed by atoms with Crippen LogP contribution < -0.4 is 0 Å². The minimum absolute atomic E-state index is 0.815. The molecule has 0 aromatic rings. The number of hydrogen-bond acceptors (Lipinski definition) is 2. The van der Waals surface area contributed by atoms with Crippen molar-refractivity contribution in [1.82, 2.24) is 0 Å². The van der Waals surface area contributed by atoms with Gasteiger partial charge in [0.15, 0.2) is 0 Å². The van der Waals surface area contributed by atoms with Crippen molar-refractivity contribution in [2.24, 2.45) is 0 Å². The van der Waals surface area contributed by atoms with Gasteiger partial charge in [-0.1, -0.05) is 0 Å². The van der Waals surface area contributed by atoms with Crippen LogP contribution in [0, 0.1) is 0 Å². The van der Waals surface area contributed by atoms with Gasteiger partial charge in [-0.2, -0.15) is 0 Å². The zero-order chi connectivity index (χ0) is 7.52. The summed E-state index contributed by atoms with van der Waals surface area (Å²) in [5, 5.41) is 0. The van der Waals surface area contributed by atoms with E-state index in [1.54, 1.807) is 0 Å². The molecule has 0 aromatic heterocycles. The highest BCUT2D eigenvalue weighted by molar-refractivity contribution is 5.12. The summed E-state index contributed by atoms with van der Waals surface area (Å²) in [5.74, 6) is 1.23. The van der Waals surface area contributed by atoms with E-state index < -0.39 is 0 Å². The lowest BCUT2D eigenvalue weighted by atomic mass is 10.1. The molecule has 2 fully saturated rings. The van der Waals surface area contributed by atoms with E-state index in [0.717, 1.165) is 26.2 Å². The Morgan fingerprint density at radius 3 is 2.55 bits per heavy atom. The van der Waals surface area contributed by atoms with Crippen LogP contribution >= 0.6 is 0 Å². The fourth-order valence-corrected chi connectivity index (χ4v) is 1.65. The lowest BCUT2D eigenvalue weighted by Gasteiger charge is -2.16. The molecule has 0 atom stereocenters. The molecule has 2 nitrogen and oxygen atoms in total. The molecule has 62 valence electrons. The average molecular weight is 154 g/mol. The minimum atomic E-state index is 0.815. The topological polar surface area (TPSA) is 18.5 Å². The van der Waals surface area contributed by atoms with Crippen LogP contribution in [0.5, 0.6) is 0 Å². The Labute approximate surface area is 67.2 Å². The second kappa shape index (κ2) is 3.26. The normalized spacial score (nSPS) is 32.0. The van der Waals surface area contributed by atoms with Gasteiger partial charge in [0.1, 0.15) is 0 Å². The van der Waals surface area contributed by atoms with E-state index in [1.165, 1.54) is 30.6 Å². The Morgan fingerprint density at radius 2 is 1.91 bits per heavy atom. The maximum absolute atomic E-state index is 5.49. The highest BCUT2D eigenvalue weighted by Gasteiger charge is 2.16. The van der Waals surface area contributed by atoms with E-state index in [0.29, 0.717) is 0 Å². The van der Waals surface area contributed by atoms with Crippen LogP contribution in [0.2, 0.25) is 0 Å². The molecule has 0 saturated carbocycles. The van der Waals surface area contributed by atoms with Crippen LogP contribution in [-0.4, -0.2) is 19.8 Å². The zero-order valence-electron chi connectivity index (χ0n) is 6.77. The number of hydrogen-bond donors (Lipinski definition) is 0. The number of rotatable bonds is 0. The van der Waals surface area contributed by atoms with Crippen molar-refractivity contribution in [3.8, 4) is 0 Å². The molecular formula is C9H14O2. The molecule has 0 bridgehead atoms. The Morgan fingerprint density at radius 1 is 1.00 bits per heavy atom. The molecule has 0 radical (unpaired) electrons. The predicted molar refractivity (Wildman–Crippen MR) is 42.3 cm³/mol. The largest absolute Gasteiger partial charge is 0.498 e. The Kier molecular flexibility index (Phi) is 2.13. The molecule has 2 aliphatic rings. The smallest absolute Gasteiger partial charge is 0.0976 e. The molecule has 0 N–H and O–H groups in total. The van der Waals surface area contributed by atoms with Gasteiger partial charge in [0.05, 0.1) is 19.0 Å². The van der Waals surface area contributed by atoms with Crippen LogP contribution in [0.15, 0.2) is 11.3 Å². The van der Waals surface area contributed by atoms with Crippen molar-refractivity contribution in [2.45, 2.75) is 25.7 Å². The number of allylic oxidation sites excluding steroid dienone is 1. The Bertz CT molecular complexity index is 156. The molecule has 2 aliphatic heterocycles. The van der Waals surface area contributed by atoms with Crippen molar-refractivity contribution in [3.05, 3.63) is 11.3 Å². The molecular weight excluding hydrogens is 140 g/mol. The van der Waals surface area contributed by atoms with Crippen molar-refractivity contribution < 1.29 is 9.47 Å². The molecule has 2 rings (SSSR count). The van der Waals surface area contributed by atoms with Gasteiger partial charge in [-0.05, 0) is 24.8 Å². The van der Waals surface area contributed by atoms with E-state index >= 15 is 0 Å². The first-order chi connectivity index (χ1) is 5.47. The van der Waals surface area contributed by atoms with Crippen molar-refractivity contribution in [1.29, 1.82) is 0 Å². The summed E-state index contributed by atoms with van der Waals surface area (Å²) >= 11 is 0. The molecule has 0 spiro atoms. The summed E-state index contributed by atoms with van der Waals surface area (Å²) in [6.07, 6.45) is 4.69. The molecule has 11 heavy (non-hydrogen) atoms. The lowest BCUT2D eigenvalue weighted by molar-refractivity contribution is 0.122. The van der Waals surface area contributed by atoms with Gasteiger partial charge in [0.2, 0.25) is 0 Å². The van der Waals surface area contributed by atoms with Crippen molar-refractivity contribution in [2.75, 3.05) is 19.8 Å². The van der Waals surface area contributed by atoms with Crippen LogP contribution in [-0.2, 0) is 9.47 Å². The maximum atomic E-state index is 5.49. The first-order valence-corrected chi connectivity index (χ1v) is 4.38. The van der Waals surface area contributed by atoms with Gasteiger partial charge < -0.3 is 9.47 Å². The van der Waals surface area contributed by atoms with Gasteiger partial charge in [0.25, 0.3) is 0 Å². The highest BCUT2D eigenvalue weighted by Crippen LogP contribution is 2.25. The van der Waals surface area contributed by atoms with Gasteiger partial charge in [-0.3, -0.25) is 0 Å². The quantitative estimate of drug-likeness (QED) is 0.530. The van der Waals surface area contributed by atoms with Gasteiger partial charge >= 0.3 is 0 Å². The number of ether oxygens (including phenoxy) is 2. The zero-order valence-corrected chi connectivity index (χ0v) is 6.77. The van der Waals surface area contributed by atoms with E-state index in [9.17, 15) is 0 Å². The van der Waals surface area contributed by atoms with Gasteiger partial charge in [-0.15, -0.1) is 0 Å². The third-order valence-corrected chi connectivity index (χ3v) is 2.26. The second-order valence-electron chi connectivity index (χ2n) is 3.13. The van der Waals surface area contributed by atoms with E-state index in [-0.39, 0.29) is 0 Å². The summed E-state index contributed by atoms with van der Waals surface area (Å²) in [7, 11) is 0. The average Bonchev–Trinajstić information content (AvgIpc) is 2.58. The SMILES string of the molecule is C1COC/C(=C2/CCCO2)C1. The third kappa shape index (κ3) is 1.56. The lowest BCUT2D eigenvalue weighted by Crippen LogP contribution is -2.10. The van der Waals surface area contributed by atoms with E-state index in [2.05, 4.69) is 0 Å². The summed E-state index contributed by atoms with van der Waals surface area (Å²) < 4.78 is 10.8. The summed E-state index contributed by atoms with van der Waals surface area (Å²) in [4.78, 5) is 0. The molecule has 0 aliphatic carbocycles. The highest BCUT2D eigenvalue weighted by atomic mass is 16.5. The van der Waals surface area contributed by atoms with Crippen molar-refractivity contribution in [3.63, 3.8) is 0 Å². The second-order valence-corrected chi connectivity index (χ2v) is 3.13. The van der Waals surface area contributed by atoms with E-state index in [1.807, 2.05) is 0 Å². The Hall–Kier alpha value is -0.500. The monoisotopic (exact) mass is 154 g/mol. The van der Waals surface area contributed by atoms with Gasteiger partial charge in [-0.25, -0.2) is 0 Å². The third-order valence-electron chi connectivity index (χ3n) is 2.26. The van der Waals surface area contributed by atoms with Crippen LogP contribution in [0.1, 0.15) is 25.7 Å². The predicted octanol–water partition coefficient (Wildman–Crippen LogP) is 1.86. The van der Waals surface area contributed by atoms with Gasteiger partial charge in [0, 0.05) is 13.0 Å². The molecule has 0 amide bonds. The minimum Gasteiger partial charge on any atom is -0.498 e. The first kappa shape index (κ1) is 7.17. The first-order valence-electron chi connectivity index (χ1n) is 4.38. The maximum Gasteiger partial charge on any atom is 0.0976 e. The fourth-order valence-electron chi connectivity index (χ4n) is 1.65. The van der Waals surface area contributed by atoms with Crippen LogP contribution in [0.4, 0.5) is 0 Å². The summed E-state index contributed by atoms with van der Waals surface area (Å²) in [6.45, 7) is 2.66. The van der Waals surface area contributed by atoms with Crippen LogP contribution in [0.25, 0.3) is 0 Å². The molecule has 0 unspecified atom stereocenters. The Balaban J connectivity index is 2.03. The standard InChI is InChI=1S/C9H14O2/c1-3-8(7-10-5-1)9-4-2-6-11-9/h1-7H2/b9-8-. The molecule has 2 heteroatoms. The summed E-state index contributed by atoms with van der Waals surface area (Å²) in [5.41, 5.74) is 1.41. The molecule has 0 aromatic carbocycles. The molecule has 2 heterocycles. The fraction of sp³-hybridized carbons (Fsp3) is 0.778. The van der Waals surface area contributed by atoms with E-state index in [4.69, 9.17) is 9.47 Å². The molecule has 2 saturated heterocycles. The summed E-state index contributed by atoms with van der Waals surface area (Å²) in [6, 6.07) is 0.